The van der Waals surface area contributed by atoms with Crippen molar-refractivity contribution in [2.45, 2.75) is 13.8 Å². The highest BCUT2D eigenvalue weighted by atomic mass is 16.2. The molecule has 40 valence electrons. The van der Waals surface area contributed by atoms with Crippen LogP contribution in [0.5, 0.6) is 0 Å². The van der Waals surface area contributed by atoms with Gasteiger partial charge < -0.3 is 0 Å². The quantitative estimate of drug-likeness (QED) is 0.369. The minimum Gasteiger partial charge on any atom is -0.274 e. The zero-order valence-electron chi connectivity index (χ0n) is 4.43. The molecule has 0 bridgehead atoms. The highest BCUT2D eigenvalue weighted by Gasteiger charge is 1.78. The van der Waals surface area contributed by atoms with Crippen LogP contribution in [0.25, 0.3) is 0 Å². The van der Waals surface area contributed by atoms with E-state index in [0.717, 1.165) is 0 Å². The van der Waals surface area contributed by atoms with Crippen molar-refractivity contribution < 1.29 is 4.79 Å². The summed E-state index contributed by atoms with van der Waals surface area (Å²) in [6, 6.07) is 0. The zero-order chi connectivity index (χ0) is 5.70. The van der Waals surface area contributed by atoms with E-state index >= 15 is 0 Å². The maximum Gasteiger partial charge on any atom is 0.236 e. The number of carbonyl (C=O) groups is 1. The average Bonchev–Trinajstić information content (AvgIpc) is 1.61. The molecule has 7 heavy (non-hydrogen) atoms. The molecule has 0 aliphatic rings. The number of carbonyl (C=O) groups excluding carboxylic acids is 1. The van der Waals surface area contributed by atoms with Crippen molar-refractivity contribution >= 4 is 12.1 Å². The van der Waals surface area contributed by atoms with Gasteiger partial charge in [0, 0.05) is 13.1 Å². The van der Waals surface area contributed by atoms with Gasteiger partial charge in [0.05, 0.1) is 0 Å². The van der Waals surface area contributed by atoms with E-state index in [-0.39, 0.29) is 5.91 Å². The van der Waals surface area contributed by atoms with Gasteiger partial charge in [-0.05, 0) is 6.92 Å². The second-order valence-corrected chi connectivity index (χ2v) is 1.06. The monoisotopic (exact) mass is 100 g/mol. The number of nitrogens with one attached hydrogen (secondary N) is 1. The largest absolute Gasteiger partial charge is 0.274 e. The summed E-state index contributed by atoms with van der Waals surface area (Å²) in [4.78, 5) is 9.98. The van der Waals surface area contributed by atoms with Crippen LogP contribution < -0.4 is 5.43 Å². The molecule has 0 spiro atoms. The molecule has 0 fully saturated rings. The molecule has 0 aliphatic carbocycles. The Morgan fingerprint density at radius 1 is 1.86 bits per heavy atom. The third kappa shape index (κ3) is 5.14. The summed E-state index contributed by atoms with van der Waals surface area (Å²) in [6.07, 6.45) is 1.52. The maximum absolute atomic E-state index is 9.98. The van der Waals surface area contributed by atoms with E-state index in [1.165, 1.54) is 13.1 Å². The topological polar surface area (TPSA) is 41.5 Å². The van der Waals surface area contributed by atoms with Crippen molar-refractivity contribution in [1.82, 2.24) is 5.43 Å². The molecule has 0 aromatic rings. The maximum atomic E-state index is 9.98. The van der Waals surface area contributed by atoms with Crippen LogP contribution in [0.2, 0.25) is 0 Å². The van der Waals surface area contributed by atoms with Crippen LogP contribution >= 0.6 is 0 Å². The Labute approximate surface area is 42.4 Å². The first-order valence-corrected chi connectivity index (χ1v) is 2.01. The van der Waals surface area contributed by atoms with Crippen LogP contribution in [0, 0.1) is 0 Å². The predicted molar refractivity (Wildman–Crippen MR) is 28.0 cm³/mol. The summed E-state index contributed by atoms with van der Waals surface area (Å²) in [7, 11) is 0. The van der Waals surface area contributed by atoms with Crippen LogP contribution in [-0.2, 0) is 4.79 Å². The van der Waals surface area contributed by atoms with Gasteiger partial charge in [-0.1, -0.05) is 0 Å². The van der Waals surface area contributed by atoms with Crippen LogP contribution in [0.4, 0.5) is 0 Å². The number of amides is 1. The van der Waals surface area contributed by atoms with E-state index in [1.807, 2.05) is 0 Å². The molecule has 0 heterocycles. The SMILES string of the molecule is CC=NNC(C)=O. The van der Waals surface area contributed by atoms with Crippen LogP contribution in [0.15, 0.2) is 5.10 Å². The Bertz CT molecular complexity index is 87.7. The van der Waals surface area contributed by atoms with Crippen LogP contribution in [0.1, 0.15) is 13.8 Å². The zero-order valence-corrected chi connectivity index (χ0v) is 4.43. The lowest BCUT2D eigenvalue weighted by atomic mass is 10.8. The molecular weight excluding hydrogens is 92.1 g/mol. The fraction of sp³-hybridized carbons (Fsp3) is 0.500. The summed E-state index contributed by atoms with van der Waals surface area (Å²) in [5, 5.41) is 3.45. The molecule has 0 aromatic heterocycles. The summed E-state index contributed by atoms with van der Waals surface area (Å²) in [5.41, 5.74) is 2.23. The summed E-state index contributed by atoms with van der Waals surface area (Å²) in [5.74, 6) is -0.141. The number of hydrogen-bond donors (Lipinski definition) is 1. The molecular formula is C4H8N2O. The third-order valence-corrected chi connectivity index (χ3v) is 0.351. The lowest BCUT2D eigenvalue weighted by Gasteiger charge is -1.84. The van der Waals surface area contributed by atoms with Crippen LogP contribution in [0.3, 0.4) is 0 Å². The average molecular weight is 100 g/mol. The Morgan fingerprint density at radius 2 is 2.43 bits per heavy atom. The van der Waals surface area contributed by atoms with Gasteiger partial charge in [-0.15, -0.1) is 0 Å². The molecule has 3 heteroatoms. The lowest BCUT2D eigenvalue weighted by molar-refractivity contribution is -0.118. The molecule has 3 nitrogen and oxygen atoms in total. The lowest BCUT2D eigenvalue weighted by Crippen LogP contribution is -2.11. The normalized spacial score (nSPS) is 9.43. The smallest absolute Gasteiger partial charge is 0.236 e. The Morgan fingerprint density at radius 3 is 2.57 bits per heavy atom. The molecule has 0 atom stereocenters. The van der Waals surface area contributed by atoms with E-state index in [0.29, 0.717) is 0 Å². The molecule has 1 N–H and O–H groups in total. The number of hydrazone groups is 1. The third-order valence-electron chi connectivity index (χ3n) is 0.351. The fourth-order valence-electron chi connectivity index (χ4n) is 0.155. The van der Waals surface area contributed by atoms with E-state index in [2.05, 4.69) is 10.5 Å². The van der Waals surface area contributed by atoms with E-state index in [4.69, 9.17) is 0 Å². The van der Waals surface area contributed by atoms with Gasteiger partial charge in [0.15, 0.2) is 0 Å². The Balaban J connectivity index is 3.14. The Kier molecular flexibility index (Phi) is 2.92. The summed E-state index contributed by atoms with van der Waals surface area (Å²) >= 11 is 0. The molecule has 0 saturated heterocycles. The van der Waals surface area contributed by atoms with Crippen molar-refractivity contribution in [1.29, 1.82) is 0 Å². The van der Waals surface area contributed by atoms with Crippen LogP contribution in [-0.4, -0.2) is 12.1 Å². The van der Waals surface area contributed by atoms with Gasteiger partial charge in [-0.3, -0.25) is 4.79 Å². The standard InChI is InChI=1S/C4H8N2O/c1-3-5-6-4(2)7/h3H,1-2H3,(H,6,7). The van der Waals surface area contributed by atoms with Crippen molar-refractivity contribution in [2.24, 2.45) is 5.10 Å². The second-order valence-electron chi connectivity index (χ2n) is 1.06. The van der Waals surface area contributed by atoms with Crippen molar-refractivity contribution in [3.63, 3.8) is 0 Å². The minimum absolute atomic E-state index is 0.141. The fourth-order valence-corrected chi connectivity index (χ4v) is 0.155. The highest BCUT2D eigenvalue weighted by Crippen LogP contribution is 1.56. The van der Waals surface area contributed by atoms with Crippen molar-refractivity contribution in [2.75, 3.05) is 0 Å². The molecule has 1 amide bonds. The van der Waals surface area contributed by atoms with Gasteiger partial charge in [0.2, 0.25) is 5.91 Å². The first-order valence-electron chi connectivity index (χ1n) is 2.01. The predicted octanol–water partition coefficient (Wildman–Crippen LogP) is 0.128. The molecule has 0 radical (unpaired) electrons. The minimum atomic E-state index is -0.141. The van der Waals surface area contributed by atoms with Crippen molar-refractivity contribution in [3.8, 4) is 0 Å². The van der Waals surface area contributed by atoms with Gasteiger partial charge >= 0.3 is 0 Å². The molecule has 0 saturated carbocycles. The van der Waals surface area contributed by atoms with Crippen molar-refractivity contribution in [3.05, 3.63) is 0 Å². The van der Waals surface area contributed by atoms with E-state index < -0.39 is 0 Å². The summed E-state index contributed by atoms with van der Waals surface area (Å²) < 4.78 is 0. The second kappa shape index (κ2) is 3.33. The summed E-state index contributed by atoms with van der Waals surface area (Å²) in [6.45, 7) is 3.14. The number of hydrogen-bond acceptors (Lipinski definition) is 2. The van der Waals surface area contributed by atoms with Gasteiger partial charge in [-0.2, -0.15) is 5.10 Å². The molecule has 0 unspecified atom stereocenters. The van der Waals surface area contributed by atoms with E-state index in [9.17, 15) is 4.79 Å². The molecule has 0 rings (SSSR count). The first kappa shape index (κ1) is 6.14. The number of rotatable bonds is 1. The highest BCUT2D eigenvalue weighted by molar-refractivity contribution is 5.73. The van der Waals surface area contributed by atoms with Gasteiger partial charge in [0.1, 0.15) is 0 Å². The molecule has 0 aliphatic heterocycles. The van der Waals surface area contributed by atoms with Gasteiger partial charge in [-0.25, -0.2) is 5.43 Å². The van der Waals surface area contributed by atoms with Gasteiger partial charge in [0.25, 0.3) is 0 Å². The van der Waals surface area contributed by atoms with E-state index in [1.54, 1.807) is 6.92 Å². The Hall–Kier alpha value is -0.860. The molecule has 0 aromatic carbocycles. The first-order chi connectivity index (χ1) is 3.27. The number of nitrogens with zero attached hydrogens (tertiary/aromatic N) is 1.